The second kappa shape index (κ2) is 11.7. The summed E-state index contributed by atoms with van der Waals surface area (Å²) in [6.45, 7) is 4.51. The second-order valence-electron chi connectivity index (χ2n) is 8.90. The van der Waals surface area contributed by atoms with Gasteiger partial charge in [-0.05, 0) is 42.5 Å². The van der Waals surface area contributed by atoms with Gasteiger partial charge < -0.3 is 25.2 Å². The van der Waals surface area contributed by atoms with Gasteiger partial charge in [0.15, 0.2) is 0 Å². The van der Waals surface area contributed by atoms with Crippen LogP contribution in [0, 0.1) is 5.41 Å². The molecule has 2 aromatic carbocycles. The summed E-state index contributed by atoms with van der Waals surface area (Å²) in [5, 5.41) is 14.4. The zero-order chi connectivity index (χ0) is 24.6. The molecule has 0 fully saturated rings. The molecule has 182 valence electrons. The zero-order valence-corrected chi connectivity index (χ0v) is 19.6. The van der Waals surface area contributed by atoms with Gasteiger partial charge in [0.2, 0.25) is 5.91 Å². The Morgan fingerprint density at radius 2 is 1.53 bits per heavy atom. The van der Waals surface area contributed by atoms with E-state index in [1.165, 1.54) is 11.1 Å². The second-order valence-corrected chi connectivity index (χ2v) is 8.90. The maximum absolute atomic E-state index is 12.1. The summed E-state index contributed by atoms with van der Waals surface area (Å²) < 4.78 is 10.8. The first-order valence-corrected chi connectivity index (χ1v) is 11.5. The molecule has 0 atom stereocenters. The molecule has 0 unspecified atom stereocenters. The van der Waals surface area contributed by atoms with Crippen LogP contribution in [0.2, 0.25) is 0 Å². The van der Waals surface area contributed by atoms with Crippen molar-refractivity contribution in [1.82, 2.24) is 10.6 Å². The van der Waals surface area contributed by atoms with Gasteiger partial charge in [-0.25, -0.2) is 4.79 Å². The van der Waals surface area contributed by atoms with Crippen molar-refractivity contribution < 1.29 is 29.0 Å². The molecule has 0 radical (unpaired) electrons. The summed E-state index contributed by atoms with van der Waals surface area (Å²) in [7, 11) is 0. The van der Waals surface area contributed by atoms with Crippen molar-refractivity contribution >= 4 is 18.0 Å². The van der Waals surface area contributed by atoms with Crippen molar-refractivity contribution in [3.63, 3.8) is 0 Å². The van der Waals surface area contributed by atoms with E-state index >= 15 is 0 Å². The average Bonchev–Trinajstić information content (AvgIpc) is 3.13. The van der Waals surface area contributed by atoms with Gasteiger partial charge in [0.05, 0.1) is 18.6 Å². The van der Waals surface area contributed by atoms with Gasteiger partial charge in [-0.1, -0.05) is 48.5 Å². The number of aliphatic carboxylic acids is 1. The Kier molecular flexibility index (Phi) is 8.65. The Hall–Kier alpha value is -3.39. The molecular weight excluding hydrogens is 436 g/mol. The Bertz CT molecular complexity index is 974. The normalized spacial score (nSPS) is 12.5. The third kappa shape index (κ3) is 6.57. The molecule has 0 aromatic heterocycles. The van der Waals surface area contributed by atoms with Crippen LogP contribution in [0.15, 0.2) is 48.5 Å². The molecule has 1 aliphatic rings. The Balaban J connectivity index is 1.29. The van der Waals surface area contributed by atoms with Crippen LogP contribution in [-0.4, -0.2) is 56.0 Å². The summed E-state index contributed by atoms with van der Waals surface area (Å²) in [4.78, 5) is 35.0. The molecule has 0 heterocycles. The highest BCUT2D eigenvalue weighted by Crippen LogP contribution is 2.44. The van der Waals surface area contributed by atoms with Crippen molar-refractivity contribution in [3.8, 4) is 11.1 Å². The monoisotopic (exact) mass is 468 g/mol. The summed E-state index contributed by atoms with van der Waals surface area (Å²) in [5.41, 5.74) is 3.79. The van der Waals surface area contributed by atoms with Crippen LogP contribution < -0.4 is 10.6 Å². The minimum absolute atomic E-state index is 0.00832. The minimum atomic E-state index is -0.894. The number of nitrogens with one attached hydrogen (secondary N) is 2. The molecule has 8 nitrogen and oxygen atoms in total. The molecule has 2 amide bonds. The summed E-state index contributed by atoms with van der Waals surface area (Å²) in [6.07, 6.45) is 0.00139. The number of ether oxygens (including phenoxy) is 2. The van der Waals surface area contributed by atoms with Crippen molar-refractivity contribution in [1.29, 1.82) is 0 Å². The lowest BCUT2D eigenvalue weighted by atomic mass is 9.90. The summed E-state index contributed by atoms with van der Waals surface area (Å²) >= 11 is 0. The molecule has 0 saturated carbocycles. The Labute approximate surface area is 199 Å². The molecule has 8 heteroatoms. The van der Waals surface area contributed by atoms with E-state index in [-0.39, 0.29) is 44.6 Å². The van der Waals surface area contributed by atoms with Gasteiger partial charge in [-0.2, -0.15) is 0 Å². The van der Waals surface area contributed by atoms with Crippen LogP contribution in [0.5, 0.6) is 0 Å². The average molecular weight is 469 g/mol. The number of carbonyl (C=O) groups is 3. The van der Waals surface area contributed by atoms with Crippen LogP contribution in [0.1, 0.15) is 43.7 Å². The number of amides is 2. The Morgan fingerprint density at radius 1 is 0.912 bits per heavy atom. The predicted molar refractivity (Wildman–Crippen MR) is 128 cm³/mol. The molecule has 3 rings (SSSR count). The van der Waals surface area contributed by atoms with Crippen LogP contribution in [0.4, 0.5) is 4.79 Å². The fraction of sp³-hybridized carbons (Fsp3) is 0.423. The lowest BCUT2D eigenvalue weighted by Gasteiger charge is -2.18. The van der Waals surface area contributed by atoms with Crippen molar-refractivity contribution in [2.45, 2.75) is 32.6 Å². The molecule has 0 aliphatic heterocycles. The summed E-state index contributed by atoms with van der Waals surface area (Å²) in [6, 6.07) is 16.3. The maximum atomic E-state index is 12.1. The lowest BCUT2D eigenvalue weighted by molar-refractivity contribution is -0.147. The molecule has 0 saturated heterocycles. The van der Waals surface area contributed by atoms with E-state index in [0.29, 0.717) is 13.0 Å². The highest BCUT2D eigenvalue weighted by Gasteiger charge is 2.29. The van der Waals surface area contributed by atoms with Crippen molar-refractivity contribution in [2.75, 3.05) is 32.9 Å². The minimum Gasteiger partial charge on any atom is -0.481 e. The molecule has 3 N–H and O–H groups in total. The molecule has 1 aliphatic carbocycles. The van der Waals surface area contributed by atoms with Gasteiger partial charge in [0.1, 0.15) is 6.61 Å². The summed E-state index contributed by atoms with van der Waals surface area (Å²) in [5.74, 6) is -1.09. The van der Waals surface area contributed by atoms with Crippen LogP contribution in [0.3, 0.4) is 0 Å². The quantitative estimate of drug-likeness (QED) is 0.411. The zero-order valence-electron chi connectivity index (χ0n) is 19.6. The lowest BCUT2D eigenvalue weighted by Crippen LogP contribution is -2.32. The fourth-order valence-electron chi connectivity index (χ4n) is 3.85. The van der Waals surface area contributed by atoms with Crippen molar-refractivity contribution in [3.05, 3.63) is 59.7 Å². The van der Waals surface area contributed by atoms with E-state index in [9.17, 15) is 14.4 Å². The Morgan fingerprint density at radius 3 is 2.15 bits per heavy atom. The number of carboxylic acid groups (broad SMARTS) is 1. The number of benzene rings is 2. The van der Waals surface area contributed by atoms with E-state index in [1.807, 2.05) is 24.3 Å². The molecular formula is C26H32N2O6. The highest BCUT2D eigenvalue weighted by atomic mass is 16.5. The van der Waals surface area contributed by atoms with Crippen LogP contribution >= 0.6 is 0 Å². The molecule has 0 bridgehead atoms. The number of hydrogen-bond acceptors (Lipinski definition) is 5. The first-order chi connectivity index (χ1) is 16.3. The van der Waals surface area contributed by atoms with Crippen LogP contribution in [0.25, 0.3) is 11.1 Å². The number of rotatable bonds is 12. The third-order valence-electron chi connectivity index (χ3n) is 5.98. The van der Waals surface area contributed by atoms with Gasteiger partial charge in [0.25, 0.3) is 0 Å². The van der Waals surface area contributed by atoms with Gasteiger partial charge >= 0.3 is 12.1 Å². The van der Waals surface area contributed by atoms with E-state index < -0.39 is 17.5 Å². The first-order valence-electron chi connectivity index (χ1n) is 11.5. The van der Waals surface area contributed by atoms with Gasteiger partial charge in [-0.3, -0.25) is 9.59 Å². The number of carboxylic acids is 1. The molecule has 0 spiro atoms. The number of hydrogen-bond donors (Lipinski definition) is 3. The van der Waals surface area contributed by atoms with E-state index in [4.69, 9.17) is 14.6 Å². The number of fused-ring (bicyclic) bond motifs is 3. The van der Waals surface area contributed by atoms with Gasteiger partial charge in [0, 0.05) is 25.4 Å². The predicted octanol–water partition coefficient (Wildman–Crippen LogP) is 3.55. The standard InChI is InChI=1S/C26H32N2O6/c1-26(2,24(30)31)12-13-27-23(29)11-15-33-16-14-28-25(32)34-17-22-20-9-5-3-7-18(20)19-8-4-6-10-21(19)22/h3-10,22H,11-17H2,1-2H3,(H,27,29)(H,28,32)(H,30,31). The van der Waals surface area contributed by atoms with E-state index in [1.54, 1.807) is 13.8 Å². The maximum Gasteiger partial charge on any atom is 0.407 e. The van der Waals surface area contributed by atoms with E-state index in [0.717, 1.165) is 11.1 Å². The first kappa shape index (κ1) is 25.2. The number of alkyl carbamates (subject to hydrolysis) is 1. The van der Waals surface area contributed by atoms with Crippen LogP contribution in [-0.2, 0) is 19.1 Å². The topological polar surface area (TPSA) is 114 Å². The highest BCUT2D eigenvalue weighted by molar-refractivity contribution is 5.79. The molecule has 34 heavy (non-hydrogen) atoms. The van der Waals surface area contributed by atoms with Gasteiger partial charge in [-0.15, -0.1) is 0 Å². The van der Waals surface area contributed by atoms with Crippen molar-refractivity contribution in [2.24, 2.45) is 5.41 Å². The number of carbonyl (C=O) groups excluding carboxylic acids is 2. The smallest absolute Gasteiger partial charge is 0.407 e. The van der Waals surface area contributed by atoms with E-state index in [2.05, 4.69) is 34.9 Å². The largest absolute Gasteiger partial charge is 0.481 e. The molecule has 2 aromatic rings. The SMILES string of the molecule is CC(C)(CCNC(=O)CCOCCNC(=O)OCC1c2ccccc2-c2ccccc21)C(=O)O. The fourth-order valence-corrected chi connectivity index (χ4v) is 3.85. The third-order valence-corrected chi connectivity index (χ3v) is 5.98.